The van der Waals surface area contributed by atoms with E-state index in [2.05, 4.69) is 10.4 Å². The molecule has 2 aliphatic heterocycles. The van der Waals surface area contributed by atoms with Crippen molar-refractivity contribution in [1.82, 2.24) is 14.9 Å². The molecule has 2 N–H and O–H groups in total. The lowest BCUT2D eigenvalue weighted by Gasteiger charge is -2.50. The van der Waals surface area contributed by atoms with Crippen molar-refractivity contribution in [3.8, 4) is 5.75 Å². The first-order valence-electron chi connectivity index (χ1n) is 16.1. The van der Waals surface area contributed by atoms with Gasteiger partial charge in [0, 0.05) is 28.2 Å². The number of aromatic hydroxyl groups is 1. The first-order valence-corrected chi connectivity index (χ1v) is 16.8. The highest BCUT2D eigenvalue weighted by Crippen LogP contribution is 2.65. The van der Waals surface area contributed by atoms with Crippen LogP contribution in [0.4, 0.5) is 23.4 Å². The van der Waals surface area contributed by atoms with E-state index in [4.69, 9.17) is 23.2 Å². The van der Waals surface area contributed by atoms with E-state index in [1.807, 2.05) is 0 Å². The second-order valence-electron chi connectivity index (χ2n) is 14.3. The minimum Gasteiger partial charge on any atom is -0.505 e. The number of amides is 4. The number of carbonyl (C=O) groups excluding carboxylic acids is 4. The van der Waals surface area contributed by atoms with Gasteiger partial charge in [0.1, 0.15) is 0 Å². The largest absolute Gasteiger partial charge is 0.505 e. The zero-order valence-corrected chi connectivity index (χ0v) is 28.8. The lowest BCUT2D eigenvalue weighted by molar-refractivity contribution is -0.146. The number of nitrogens with one attached hydrogen (secondary N) is 1. The number of alkyl halides is 3. The van der Waals surface area contributed by atoms with Crippen LogP contribution in [0.2, 0.25) is 10.0 Å². The smallest absolute Gasteiger partial charge is 0.417 e. The summed E-state index contributed by atoms with van der Waals surface area (Å²) < 4.78 is 55.4. The number of anilines is 1. The number of carbonyl (C=O) groups is 4. The predicted molar refractivity (Wildman–Crippen MR) is 177 cm³/mol. The molecule has 0 spiro atoms. The van der Waals surface area contributed by atoms with E-state index in [9.17, 15) is 32.7 Å². The lowest BCUT2D eigenvalue weighted by atomic mass is 9.49. The Labute approximate surface area is 299 Å². The Morgan fingerprint density at radius 1 is 0.961 bits per heavy atom. The molecule has 266 valence electrons. The molecular weight excluding hydrogens is 715 g/mol. The number of pyridine rings is 1. The van der Waals surface area contributed by atoms with Gasteiger partial charge in [-0.05, 0) is 69.4 Å². The fourth-order valence-corrected chi connectivity index (χ4v) is 8.89. The van der Waals surface area contributed by atoms with Crippen molar-refractivity contribution in [2.75, 3.05) is 5.43 Å². The summed E-state index contributed by atoms with van der Waals surface area (Å²) in [6.45, 7) is 5.20. The number of hydrogen-bond acceptors (Lipinski definition) is 7. The number of rotatable bonds is 4. The highest BCUT2D eigenvalue weighted by molar-refractivity contribution is 6.33. The Balaban J connectivity index is 1.45. The van der Waals surface area contributed by atoms with E-state index in [1.54, 1.807) is 26.8 Å². The SMILES string of the molecule is CC(C)(C)N1C(=O)[C@H]2[C@H](CC=C3[C@H]2C[C@H]2C(=O)N(Nc4ncc(C(F)(F)F)cc4Cl)C(=O)[C@@]2(c2ccc(Cl)cc2)[C@H]3c2cccc(F)c2O)C1=O. The van der Waals surface area contributed by atoms with Crippen molar-refractivity contribution in [2.24, 2.45) is 23.7 Å². The molecule has 3 aromatic rings. The zero-order valence-electron chi connectivity index (χ0n) is 27.3. The van der Waals surface area contributed by atoms with Gasteiger partial charge in [0.2, 0.25) is 11.8 Å². The Morgan fingerprint density at radius 2 is 1.65 bits per heavy atom. The van der Waals surface area contributed by atoms with Gasteiger partial charge in [-0.15, -0.1) is 0 Å². The molecule has 2 aromatic carbocycles. The van der Waals surface area contributed by atoms with Crippen molar-refractivity contribution in [3.63, 3.8) is 0 Å². The molecule has 1 saturated carbocycles. The summed E-state index contributed by atoms with van der Waals surface area (Å²) in [5.41, 5.74) is -0.703. The number of likely N-dealkylation sites (tertiary alicyclic amines) is 1. The molecule has 3 heterocycles. The molecule has 2 saturated heterocycles. The molecule has 6 atom stereocenters. The molecule has 15 heteroatoms. The summed E-state index contributed by atoms with van der Waals surface area (Å²) in [6, 6.07) is 10.5. The maximum absolute atomic E-state index is 15.2. The first-order chi connectivity index (χ1) is 23.9. The third-order valence-electron chi connectivity index (χ3n) is 10.6. The van der Waals surface area contributed by atoms with Gasteiger partial charge in [0.25, 0.3) is 11.8 Å². The number of hydrazine groups is 1. The van der Waals surface area contributed by atoms with Gasteiger partial charge < -0.3 is 5.11 Å². The number of para-hydroxylation sites is 1. The van der Waals surface area contributed by atoms with Crippen LogP contribution in [0.1, 0.15) is 56.2 Å². The molecule has 0 unspecified atom stereocenters. The Morgan fingerprint density at radius 3 is 2.27 bits per heavy atom. The number of imide groups is 2. The van der Waals surface area contributed by atoms with Crippen LogP contribution in [0.25, 0.3) is 0 Å². The van der Waals surface area contributed by atoms with Gasteiger partial charge in [-0.25, -0.2) is 9.37 Å². The predicted octanol–water partition coefficient (Wildman–Crippen LogP) is 7.04. The van der Waals surface area contributed by atoms with Gasteiger partial charge in [0.15, 0.2) is 17.4 Å². The summed E-state index contributed by atoms with van der Waals surface area (Å²) in [5, 5.41) is 11.7. The number of phenols is 1. The van der Waals surface area contributed by atoms with Gasteiger partial charge >= 0.3 is 6.18 Å². The van der Waals surface area contributed by atoms with Crippen LogP contribution in [-0.4, -0.2) is 49.2 Å². The fourth-order valence-electron chi connectivity index (χ4n) is 8.55. The summed E-state index contributed by atoms with van der Waals surface area (Å²) in [5.74, 6) is -9.76. The Hall–Kier alpha value is -4.49. The summed E-state index contributed by atoms with van der Waals surface area (Å²) in [7, 11) is 0. The summed E-state index contributed by atoms with van der Waals surface area (Å²) >= 11 is 12.4. The molecule has 4 aliphatic rings. The summed E-state index contributed by atoms with van der Waals surface area (Å²) in [6.07, 6.45) is -2.54. The normalized spacial score (nSPS) is 27.7. The summed E-state index contributed by atoms with van der Waals surface area (Å²) in [4.78, 5) is 62.6. The average Bonchev–Trinajstić information content (AvgIpc) is 3.44. The van der Waals surface area contributed by atoms with Crippen LogP contribution in [0.15, 0.2) is 66.4 Å². The van der Waals surface area contributed by atoms with Gasteiger partial charge in [-0.1, -0.05) is 59.1 Å². The van der Waals surface area contributed by atoms with Crippen LogP contribution >= 0.6 is 23.2 Å². The number of phenolic OH excluding ortho intramolecular Hbond substituents is 1. The first kappa shape index (κ1) is 34.9. The van der Waals surface area contributed by atoms with Crippen LogP contribution in [0.5, 0.6) is 5.75 Å². The number of fused-ring (bicyclic) bond motifs is 4. The van der Waals surface area contributed by atoms with E-state index >= 15 is 9.18 Å². The van der Waals surface area contributed by atoms with E-state index in [1.165, 1.54) is 41.3 Å². The highest BCUT2D eigenvalue weighted by atomic mass is 35.5. The van der Waals surface area contributed by atoms with Crippen LogP contribution in [-0.2, 0) is 30.8 Å². The average molecular weight is 746 g/mol. The molecule has 9 nitrogen and oxygen atoms in total. The molecule has 51 heavy (non-hydrogen) atoms. The van der Waals surface area contributed by atoms with E-state index < -0.39 is 92.4 Å². The van der Waals surface area contributed by atoms with Crippen LogP contribution in [0, 0.1) is 29.5 Å². The number of benzene rings is 2. The fraction of sp³-hybridized carbons (Fsp3) is 0.361. The van der Waals surface area contributed by atoms with Crippen LogP contribution < -0.4 is 5.43 Å². The van der Waals surface area contributed by atoms with Gasteiger partial charge in [-0.3, -0.25) is 29.5 Å². The molecule has 4 amide bonds. The number of hydrogen-bond donors (Lipinski definition) is 2. The highest BCUT2D eigenvalue weighted by Gasteiger charge is 2.71. The maximum Gasteiger partial charge on any atom is 0.417 e. The monoisotopic (exact) mass is 744 g/mol. The van der Waals surface area contributed by atoms with Crippen molar-refractivity contribution in [1.29, 1.82) is 0 Å². The van der Waals surface area contributed by atoms with Crippen molar-refractivity contribution >= 4 is 52.6 Å². The number of allylic oxidation sites excluding steroid dienone is 2. The standard InChI is InChI=1S/C36H30Cl2F4N4O5/c1-34(2,3)45-30(48)20-12-11-19-22(26(20)32(45)50)14-23-31(49)46(44-29-24(38)13-17(15-43-29)36(40,41)42)33(51)35(23,16-7-9-18(37)10-8-16)27(19)21-5-4-6-25(39)28(21)47/h4-11,13,15,20,22-23,26-27,47H,12,14H2,1-3H3,(H,43,44)/t20-,22+,23-,26-,27+,35+/m0/s1. The van der Waals surface area contributed by atoms with E-state index in [0.717, 1.165) is 6.07 Å². The van der Waals surface area contributed by atoms with Crippen molar-refractivity contribution in [3.05, 3.63) is 98.9 Å². The Bertz CT molecular complexity index is 2050. The topological polar surface area (TPSA) is 120 Å². The van der Waals surface area contributed by atoms with Gasteiger partial charge in [-0.2, -0.15) is 18.2 Å². The molecular formula is C36H30Cl2F4N4O5. The molecule has 3 fully saturated rings. The third-order valence-corrected chi connectivity index (χ3v) is 11.1. The minimum atomic E-state index is -4.77. The lowest BCUT2D eigenvalue weighted by Crippen LogP contribution is -2.53. The third kappa shape index (κ3) is 5.14. The minimum absolute atomic E-state index is 0.0394. The molecule has 0 radical (unpaired) electrons. The quantitative estimate of drug-likeness (QED) is 0.167. The van der Waals surface area contributed by atoms with E-state index in [0.29, 0.717) is 27.9 Å². The molecule has 7 rings (SSSR count). The Kier molecular flexibility index (Phi) is 8.07. The maximum atomic E-state index is 15.2. The second-order valence-corrected chi connectivity index (χ2v) is 15.1. The van der Waals surface area contributed by atoms with E-state index in [-0.39, 0.29) is 29.9 Å². The molecule has 2 aliphatic carbocycles. The van der Waals surface area contributed by atoms with Crippen LogP contribution in [0.3, 0.4) is 0 Å². The number of halogens is 6. The second kappa shape index (κ2) is 11.8. The zero-order chi connectivity index (χ0) is 36.9. The number of aromatic nitrogens is 1. The van der Waals surface area contributed by atoms with Crippen molar-refractivity contribution < 1.29 is 41.8 Å². The molecule has 1 aromatic heterocycles. The number of nitrogens with zero attached hydrogens (tertiary/aromatic N) is 3. The van der Waals surface area contributed by atoms with Crippen molar-refractivity contribution in [2.45, 2.75) is 56.7 Å². The van der Waals surface area contributed by atoms with Gasteiger partial charge in [0.05, 0.1) is 33.8 Å². The molecule has 0 bridgehead atoms.